The van der Waals surface area contributed by atoms with Gasteiger partial charge in [-0.2, -0.15) is 4.31 Å². The molecule has 1 fully saturated rings. The molecule has 0 aliphatic carbocycles. The Morgan fingerprint density at radius 2 is 2.16 bits per heavy atom. The largest absolute Gasteiger partial charge is 0.477 e. The summed E-state index contributed by atoms with van der Waals surface area (Å²) in [5.74, 6) is -0.250. The predicted octanol–water partition coefficient (Wildman–Crippen LogP) is 2.11. The van der Waals surface area contributed by atoms with Crippen LogP contribution in [0.3, 0.4) is 0 Å². The summed E-state index contributed by atoms with van der Waals surface area (Å²) in [5, 5.41) is 8.85. The Bertz CT molecular complexity index is 576. The second kappa shape index (κ2) is 5.22. The second-order valence-corrected chi connectivity index (χ2v) is 8.33. The van der Waals surface area contributed by atoms with Gasteiger partial charge in [0, 0.05) is 13.1 Å². The molecule has 0 aromatic carbocycles. The van der Waals surface area contributed by atoms with Crippen LogP contribution in [0.4, 0.5) is 0 Å². The van der Waals surface area contributed by atoms with Crippen molar-refractivity contribution in [2.45, 2.75) is 24.5 Å². The molecule has 5 nitrogen and oxygen atoms in total. The zero-order chi connectivity index (χ0) is 14.2. The van der Waals surface area contributed by atoms with Gasteiger partial charge >= 0.3 is 5.97 Å². The molecule has 1 aromatic rings. The summed E-state index contributed by atoms with van der Waals surface area (Å²) >= 11 is 0.815. The van der Waals surface area contributed by atoms with Crippen LogP contribution >= 0.6 is 11.3 Å². The lowest BCUT2D eigenvalue weighted by molar-refractivity contribution is 0.0702. The molecule has 1 saturated heterocycles. The molecule has 1 aliphatic rings. The molecule has 0 bridgehead atoms. The molecule has 2 rings (SSSR count). The van der Waals surface area contributed by atoms with Crippen molar-refractivity contribution in [3.8, 4) is 0 Å². The minimum atomic E-state index is -3.53. The lowest BCUT2D eigenvalue weighted by atomic mass is 9.96. The van der Waals surface area contributed by atoms with Gasteiger partial charge in [-0.1, -0.05) is 13.8 Å². The molecular formula is C12H17NO4S2. The Morgan fingerprint density at radius 1 is 1.47 bits per heavy atom. The van der Waals surface area contributed by atoms with E-state index < -0.39 is 16.0 Å². The Morgan fingerprint density at radius 3 is 2.63 bits per heavy atom. The highest BCUT2D eigenvalue weighted by molar-refractivity contribution is 7.91. The van der Waals surface area contributed by atoms with Gasteiger partial charge in [0.05, 0.1) is 0 Å². The highest BCUT2D eigenvalue weighted by Gasteiger charge is 2.34. The maximum absolute atomic E-state index is 12.4. The molecule has 0 saturated carbocycles. The number of carboxylic acid groups (broad SMARTS) is 1. The van der Waals surface area contributed by atoms with E-state index in [0.717, 1.165) is 17.8 Å². The maximum Gasteiger partial charge on any atom is 0.345 e. The van der Waals surface area contributed by atoms with Crippen LogP contribution in [0.25, 0.3) is 0 Å². The van der Waals surface area contributed by atoms with Crippen LogP contribution in [0.5, 0.6) is 0 Å². The first-order chi connectivity index (χ1) is 8.82. The number of rotatable bonds is 4. The number of hydrogen-bond donors (Lipinski definition) is 1. The van der Waals surface area contributed by atoms with Crippen molar-refractivity contribution in [3.63, 3.8) is 0 Å². The van der Waals surface area contributed by atoms with Crippen LogP contribution in [0, 0.1) is 11.8 Å². The standard InChI is InChI=1S/C12H17NO4S2/c1-8(2)9-5-6-13(7-9)19(16,17)11-4-3-10(18-11)12(14)15/h3-4,8-9H,5-7H2,1-2H3,(H,14,15). The van der Waals surface area contributed by atoms with Gasteiger partial charge in [-0.05, 0) is 30.4 Å². The third-order valence-corrected chi connectivity index (χ3v) is 6.92. The molecule has 1 N–H and O–H groups in total. The van der Waals surface area contributed by atoms with Crippen LogP contribution in [-0.4, -0.2) is 36.9 Å². The molecule has 19 heavy (non-hydrogen) atoms. The molecule has 7 heteroatoms. The van der Waals surface area contributed by atoms with Crippen molar-refractivity contribution < 1.29 is 18.3 Å². The fourth-order valence-corrected chi connectivity index (χ4v) is 5.03. The van der Waals surface area contributed by atoms with Gasteiger partial charge in [-0.25, -0.2) is 13.2 Å². The number of sulfonamides is 1. The lowest BCUT2D eigenvalue weighted by Gasteiger charge is -2.17. The number of aromatic carboxylic acids is 1. The topological polar surface area (TPSA) is 74.7 Å². The quantitative estimate of drug-likeness (QED) is 0.924. The second-order valence-electron chi connectivity index (χ2n) is 5.08. The molecule has 1 unspecified atom stereocenters. The molecule has 1 aromatic heterocycles. The fourth-order valence-electron chi connectivity index (χ4n) is 2.22. The van der Waals surface area contributed by atoms with Crippen LogP contribution in [-0.2, 0) is 10.0 Å². The molecule has 2 heterocycles. The van der Waals surface area contributed by atoms with Crippen LogP contribution in [0.15, 0.2) is 16.3 Å². The summed E-state index contributed by atoms with van der Waals surface area (Å²) in [6, 6.07) is 2.72. The van der Waals surface area contributed by atoms with Crippen LogP contribution in [0.2, 0.25) is 0 Å². The number of carboxylic acids is 1. The van der Waals surface area contributed by atoms with Gasteiger partial charge in [-0.15, -0.1) is 11.3 Å². The first kappa shape index (κ1) is 14.5. The Balaban J connectivity index is 2.21. The first-order valence-electron chi connectivity index (χ1n) is 6.15. The maximum atomic E-state index is 12.4. The molecule has 106 valence electrons. The molecule has 1 atom stereocenters. The highest BCUT2D eigenvalue weighted by Crippen LogP contribution is 2.31. The lowest BCUT2D eigenvalue weighted by Crippen LogP contribution is -2.28. The summed E-state index contributed by atoms with van der Waals surface area (Å²) in [6.45, 7) is 5.23. The van der Waals surface area contributed by atoms with E-state index in [1.807, 2.05) is 0 Å². The Kier molecular flexibility index (Phi) is 3.98. The van der Waals surface area contributed by atoms with E-state index in [1.165, 1.54) is 16.4 Å². The van der Waals surface area contributed by atoms with Crippen molar-refractivity contribution in [1.82, 2.24) is 4.31 Å². The van der Waals surface area contributed by atoms with E-state index in [1.54, 1.807) is 0 Å². The van der Waals surface area contributed by atoms with Crippen molar-refractivity contribution in [1.29, 1.82) is 0 Å². The van der Waals surface area contributed by atoms with Crippen molar-refractivity contribution in [3.05, 3.63) is 17.0 Å². The Labute approximate surface area is 116 Å². The van der Waals surface area contributed by atoms with E-state index in [9.17, 15) is 13.2 Å². The minimum Gasteiger partial charge on any atom is -0.477 e. The normalized spacial score (nSPS) is 21.1. The number of hydrogen-bond acceptors (Lipinski definition) is 4. The van der Waals surface area contributed by atoms with Crippen molar-refractivity contribution >= 4 is 27.3 Å². The van der Waals surface area contributed by atoms with E-state index in [-0.39, 0.29) is 9.09 Å². The van der Waals surface area contributed by atoms with Gasteiger partial charge in [0.2, 0.25) is 0 Å². The van der Waals surface area contributed by atoms with Crippen LogP contribution in [0.1, 0.15) is 29.9 Å². The smallest absolute Gasteiger partial charge is 0.345 e. The van der Waals surface area contributed by atoms with Crippen molar-refractivity contribution in [2.24, 2.45) is 11.8 Å². The molecule has 0 amide bonds. The fraction of sp³-hybridized carbons (Fsp3) is 0.583. The Hall–Kier alpha value is -0.920. The predicted molar refractivity (Wildman–Crippen MR) is 73.0 cm³/mol. The first-order valence-corrected chi connectivity index (χ1v) is 8.41. The SMILES string of the molecule is CC(C)C1CCN(S(=O)(=O)c2ccc(C(=O)O)s2)C1. The molecule has 0 radical (unpaired) electrons. The van der Waals surface area contributed by atoms with Gasteiger partial charge < -0.3 is 5.11 Å². The van der Waals surface area contributed by atoms with E-state index >= 15 is 0 Å². The number of carbonyl (C=O) groups is 1. The number of nitrogens with zero attached hydrogens (tertiary/aromatic N) is 1. The van der Waals surface area contributed by atoms with Crippen molar-refractivity contribution in [2.75, 3.05) is 13.1 Å². The molecule has 1 aliphatic heterocycles. The monoisotopic (exact) mass is 303 g/mol. The third-order valence-electron chi connectivity index (χ3n) is 3.52. The average Bonchev–Trinajstić information content (AvgIpc) is 2.99. The zero-order valence-corrected chi connectivity index (χ0v) is 12.5. The molecule has 0 spiro atoms. The summed E-state index contributed by atoms with van der Waals surface area (Å²) < 4.78 is 26.4. The zero-order valence-electron chi connectivity index (χ0n) is 10.9. The summed E-state index contributed by atoms with van der Waals surface area (Å²) in [4.78, 5) is 10.9. The van der Waals surface area contributed by atoms with Gasteiger partial charge in [0.25, 0.3) is 10.0 Å². The summed E-state index contributed by atoms with van der Waals surface area (Å²) in [7, 11) is -3.53. The van der Waals surface area contributed by atoms with E-state index in [2.05, 4.69) is 13.8 Å². The van der Waals surface area contributed by atoms with Gasteiger partial charge in [0.1, 0.15) is 9.09 Å². The van der Waals surface area contributed by atoms with E-state index in [4.69, 9.17) is 5.11 Å². The van der Waals surface area contributed by atoms with Gasteiger partial charge in [-0.3, -0.25) is 0 Å². The third kappa shape index (κ3) is 2.82. The summed E-state index contributed by atoms with van der Waals surface area (Å²) in [5.41, 5.74) is 0. The summed E-state index contributed by atoms with van der Waals surface area (Å²) in [6.07, 6.45) is 0.869. The number of thiophene rings is 1. The van der Waals surface area contributed by atoms with Crippen LogP contribution < -0.4 is 0 Å². The van der Waals surface area contributed by atoms with Gasteiger partial charge in [0.15, 0.2) is 0 Å². The average molecular weight is 303 g/mol. The minimum absolute atomic E-state index is 0.0539. The highest BCUT2D eigenvalue weighted by atomic mass is 32.2. The van der Waals surface area contributed by atoms with E-state index in [0.29, 0.717) is 24.9 Å². The molecular weight excluding hydrogens is 286 g/mol.